The first-order valence-corrected chi connectivity index (χ1v) is 10.9. The molecule has 0 fully saturated rings. The Morgan fingerprint density at radius 3 is 2.44 bits per heavy atom. The van der Waals surface area contributed by atoms with Crippen LogP contribution in [-0.4, -0.2) is 36.1 Å². The van der Waals surface area contributed by atoms with Crippen LogP contribution >= 0.6 is 0 Å². The van der Waals surface area contributed by atoms with Crippen LogP contribution in [-0.2, 0) is 17.8 Å². The Bertz CT molecular complexity index is 1150. The Labute approximate surface area is 188 Å². The van der Waals surface area contributed by atoms with Crippen molar-refractivity contribution in [2.45, 2.75) is 19.4 Å². The average Bonchev–Trinajstić information content (AvgIpc) is 3.26. The van der Waals surface area contributed by atoms with Crippen molar-refractivity contribution in [1.82, 2.24) is 9.88 Å². The minimum atomic E-state index is 0.114. The standard InChI is InChI=1S/C27H28N2O3/c1-31-25-13-7-8-14-26(25)32-18-17-29(20-21-9-3-2-4-10-21)27(30)16-15-22-19-28-24-12-6-5-11-23(22)24/h2-14,19,28H,15-18,20H2,1H3. The van der Waals surface area contributed by atoms with Gasteiger partial charge in [0.2, 0.25) is 5.91 Å². The van der Waals surface area contributed by atoms with E-state index in [9.17, 15) is 4.79 Å². The number of para-hydroxylation sites is 3. The second kappa shape index (κ2) is 10.5. The molecule has 1 N–H and O–H groups in total. The highest BCUT2D eigenvalue weighted by atomic mass is 16.5. The average molecular weight is 429 g/mol. The number of rotatable bonds is 10. The lowest BCUT2D eigenvalue weighted by Gasteiger charge is -2.23. The summed E-state index contributed by atoms with van der Waals surface area (Å²) in [4.78, 5) is 18.3. The minimum Gasteiger partial charge on any atom is -0.493 e. The zero-order valence-electron chi connectivity index (χ0n) is 18.3. The zero-order chi connectivity index (χ0) is 22.2. The molecule has 5 nitrogen and oxygen atoms in total. The van der Waals surface area contributed by atoms with Crippen LogP contribution in [0, 0.1) is 0 Å². The quantitative estimate of drug-likeness (QED) is 0.377. The molecule has 0 bridgehead atoms. The lowest BCUT2D eigenvalue weighted by atomic mass is 10.1. The summed E-state index contributed by atoms with van der Waals surface area (Å²) in [5.41, 5.74) is 3.37. The van der Waals surface area contributed by atoms with Crippen LogP contribution in [0.4, 0.5) is 0 Å². The molecule has 0 aliphatic rings. The highest BCUT2D eigenvalue weighted by Gasteiger charge is 2.16. The van der Waals surface area contributed by atoms with Crippen molar-refractivity contribution in [2.75, 3.05) is 20.3 Å². The van der Waals surface area contributed by atoms with Crippen molar-refractivity contribution in [3.05, 3.63) is 96.2 Å². The topological polar surface area (TPSA) is 54.6 Å². The van der Waals surface area contributed by atoms with Crippen LogP contribution < -0.4 is 9.47 Å². The van der Waals surface area contributed by atoms with Gasteiger partial charge in [0.25, 0.3) is 0 Å². The van der Waals surface area contributed by atoms with Crippen LogP contribution in [0.25, 0.3) is 10.9 Å². The van der Waals surface area contributed by atoms with Gasteiger partial charge in [0, 0.05) is 30.1 Å². The lowest BCUT2D eigenvalue weighted by molar-refractivity contribution is -0.132. The Kier molecular flexibility index (Phi) is 7.08. The molecule has 3 aromatic carbocycles. The molecule has 0 aliphatic heterocycles. The highest BCUT2D eigenvalue weighted by Crippen LogP contribution is 2.25. The number of H-pyrrole nitrogens is 1. The third-order valence-corrected chi connectivity index (χ3v) is 5.54. The number of hydrogen-bond acceptors (Lipinski definition) is 3. The number of fused-ring (bicyclic) bond motifs is 1. The van der Waals surface area contributed by atoms with Gasteiger partial charge >= 0.3 is 0 Å². The number of amides is 1. The Morgan fingerprint density at radius 2 is 1.62 bits per heavy atom. The number of benzene rings is 3. The van der Waals surface area contributed by atoms with Gasteiger partial charge < -0.3 is 19.4 Å². The smallest absolute Gasteiger partial charge is 0.223 e. The van der Waals surface area contributed by atoms with Gasteiger partial charge in [-0.05, 0) is 35.7 Å². The second-order valence-corrected chi connectivity index (χ2v) is 7.66. The molecular formula is C27H28N2O3. The summed E-state index contributed by atoms with van der Waals surface area (Å²) in [5, 5.41) is 1.18. The summed E-state index contributed by atoms with van der Waals surface area (Å²) in [6.45, 7) is 1.45. The first-order chi connectivity index (χ1) is 15.7. The van der Waals surface area contributed by atoms with Gasteiger partial charge in [-0.1, -0.05) is 60.7 Å². The number of carbonyl (C=O) groups excluding carboxylic acids is 1. The molecule has 0 unspecified atom stereocenters. The molecule has 5 heteroatoms. The summed E-state index contributed by atoms with van der Waals surface area (Å²) in [6, 6.07) is 25.8. The normalized spacial score (nSPS) is 10.8. The number of nitrogens with one attached hydrogen (secondary N) is 1. The van der Waals surface area contributed by atoms with Gasteiger partial charge in [-0.3, -0.25) is 4.79 Å². The number of ether oxygens (including phenoxy) is 2. The maximum absolute atomic E-state index is 13.2. The molecule has 0 atom stereocenters. The molecular weight excluding hydrogens is 400 g/mol. The van der Waals surface area contributed by atoms with E-state index in [4.69, 9.17) is 9.47 Å². The van der Waals surface area contributed by atoms with E-state index >= 15 is 0 Å². The Hall–Kier alpha value is -3.73. The van der Waals surface area contributed by atoms with Gasteiger partial charge in [-0.25, -0.2) is 0 Å². The van der Waals surface area contributed by atoms with Gasteiger partial charge in [-0.2, -0.15) is 0 Å². The fourth-order valence-electron chi connectivity index (χ4n) is 3.84. The predicted molar refractivity (Wildman–Crippen MR) is 127 cm³/mol. The van der Waals surface area contributed by atoms with E-state index in [2.05, 4.69) is 17.1 Å². The first kappa shape index (κ1) is 21.5. The summed E-state index contributed by atoms with van der Waals surface area (Å²) in [7, 11) is 1.62. The van der Waals surface area contributed by atoms with Crippen molar-refractivity contribution in [1.29, 1.82) is 0 Å². The van der Waals surface area contributed by atoms with E-state index in [1.807, 2.05) is 77.8 Å². The van der Waals surface area contributed by atoms with E-state index in [-0.39, 0.29) is 5.91 Å². The summed E-state index contributed by atoms with van der Waals surface area (Å²) >= 11 is 0. The predicted octanol–water partition coefficient (Wildman–Crippen LogP) is 5.22. The summed E-state index contributed by atoms with van der Waals surface area (Å²) < 4.78 is 11.3. The van der Waals surface area contributed by atoms with Gasteiger partial charge in [0.05, 0.1) is 13.7 Å². The van der Waals surface area contributed by atoms with Crippen LogP contribution in [0.15, 0.2) is 85.1 Å². The number of hydrogen-bond donors (Lipinski definition) is 1. The van der Waals surface area contributed by atoms with E-state index in [1.165, 1.54) is 10.9 Å². The van der Waals surface area contributed by atoms with E-state index in [0.717, 1.165) is 11.1 Å². The zero-order valence-corrected chi connectivity index (χ0v) is 18.3. The molecule has 164 valence electrons. The molecule has 1 aromatic heterocycles. The second-order valence-electron chi connectivity index (χ2n) is 7.66. The van der Waals surface area contributed by atoms with E-state index in [0.29, 0.717) is 44.0 Å². The number of nitrogens with zero attached hydrogens (tertiary/aromatic N) is 1. The van der Waals surface area contributed by atoms with Gasteiger partial charge in [-0.15, -0.1) is 0 Å². The Morgan fingerprint density at radius 1 is 0.906 bits per heavy atom. The van der Waals surface area contributed by atoms with Crippen molar-refractivity contribution in [3.8, 4) is 11.5 Å². The molecule has 0 saturated heterocycles. The molecule has 32 heavy (non-hydrogen) atoms. The molecule has 4 aromatic rings. The minimum absolute atomic E-state index is 0.114. The number of aryl methyl sites for hydroxylation is 1. The number of carbonyl (C=O) groups is 1. The van der Waals surface area contributed by atoms with Crippen molar-refractivity contribution < 1.29 is 14.3 Å². The molecule has 0 saturated carbocycles. The summed E-state index contributed by atoms with van der Waals surface area (Å²) in [5.74, 6) is 1.48. The third kappa shape index (κ3) is 5.30. The molecule has 0 radical (unpaired) electrons. The number of aromatic amines is 1. The lowest BCUT2D eigenvalue weighted by Crippen LogP contribution is -2.34. The SMILES string of the molecule is COc1ccccc1OCCN(Cc1ccccc1)C(=O)CCc1c[nH]c2ccccc12. The maximum Gasteiger partial charge on any atom is 0.223 e. The fourth-order valence-corrected chi connectivity index (χ4v) is 3.84. The maximum atomic E-state index is 13.2. The fraction of sp³-hybridized carbons (Fsp3) is 0.222. The van der Waals surface area contributed by atoms with Crippen LogP contribution in [0.2, 0.25) is 0 Å². The molecule has 0 spiro atoms. The largest absolute Gasteiger partial charge is 0.493 e. The van der Waals surface area contributed by atoms with Crippen LogP contribution in [0.3, 0.4) is 0 Å². The molecule has 0 aliphatic carbocycles. The number of aromatic nitrogens is 1. The Balaban J connectivity index is 1.41. The molecule has 1 heterocycles. The molecule has 1 amide bonds. The first-order valence-electron chi connectivity index (χ1n) is 10.9. The van der Waals surface area contributed by atoms with Crippen molar-refractivity contribution in [2.24, 2.45) is 0 Å². The van der Waals surface area contributed by atoms with Crippen molar-refractivity contribution >= 4 is 16.8 Å². The highest BCUT2D eigenvalue weighted by molar-refractivity contribution is 5.84. The van der Waals surface area contributed by atoms with Crippen LogP contribution in [0.5, 0.6) is 11.5 Å². The molecule has 4 rings (SSSR count). The summed E-state index contributed by atoms with van der Waals surface area (Å²) in [6.07, 6.45) is 3.15. The van der Waals surface area contributed by atoms with E-state index in [1.54, 1.807) is 7.11 Å². The number of methoxy groups -OCH3 is 1. The third-order valence-electron chi connectivity index (χ3n) is 5.54. The monoisotopic (exact) mass is 428 g/mol. The van der Waals surface area contributed by atoms with Gasteiger partial charge in [0.1, 0.15) is 6.61 Å². The van der Waals surface area contributed by atoms with Gasteiger partial charge in [0.15, 0.2) is 11.5 Å². The van der Waals surface area contributed by atoms with Crippen LogP contribution in [0.1, 0.15) is 17.5 Å². The van der Waals surface area contributed by atoms with E-state index < -0.39 is 0 Å². The van der Waals surface area contributed by atoms with Crippen molar-refractivity contribution in [3.63, 3.8) is 0 Å².